The molecule has 6 heteroatoms. The standard InChI is InChI=1S/C20H15Cl2N3O/c1-12-4-6-16(7-5-12)25-19(18-17(20(25)26)3-2-8-23-18)24-15-10-13(21)9-14(22)11-15/h2-11,19,24H,1H3/t19-/m0/s1. The van der Waals surface area contributed by atoms with E-state index in [-0.39, 0.29) is 5.91 Å². The minimum atomic E-state index is -0.448. The van der Waals surface area contributed by atoms with E-state index in [0.717, 1.165) is 16.9 Å². The maximum absolute atomic E-state index is 13.0. The van der Waals surface area contributed by atoms with E-state index in [1.54, 1.807) is 41.4 Å². The molecule has 4 nitrogen and oxygen atoms in total. The Kier molecular flexibility index (Phi) is 4.31. The van der Waals surface area contributed by atoms with E-state index in [2.05, 4.69) is 10.3 Å². The molecule has 0 radical (unpaired) electrons. The molecule has 0 aliphatic carbocycles. The molecule has 1 aliphatic rings. The molecule has 0 fully saturated rings. The highest BCUT2D eigenvalue weighted by Crippen LogP contribution is 2.37. The Hall–Kier alpha value is -2.56. The number of aryl methyl sites for hydroxylation is 1. The highest BCUT2D eigenvalue weighted by molar-refractivity contribution is 6.35. The lowest BCUT2D eigenvalue weighted by atomic mass is 10.2. The summed E-state index contributed by atoms with van der Waals surface area (Å²) in [5, 5.41) is 4.39. The van der Waals surface area contributed by atoms with Crippen molar-refractivity contribution in [2.75, 3.05) is 10.2 Å². The van der Waals surface area contributed by atoms with Crippen molar-refractivity contribution >= 4 is 40.5 Å². The number of nitrogens with zero attached hydrogens (tertiary/aromatic N) is 2. The number of hydrogen-bond donors (Lipinski definition) is 1. The lowest BCUT2D eigenvalue weighted by Gasteiger charge is -2.26. The molecule has 0 saturated heterocycles. The van der Waals surface area contributed by atoms with Crippen molar-refractivity contribution in [3.05, 3.63) is 87.7 Å². The molecule has 4 rings (SSSR count). The fourth-order valence-corrected chi connectivity index (χ4v) is 3.61. The van der Waals surface area contributed by atoms with E-state index < -0.39 is 6.17 Å². The normalized spacial score (nSPS) is 15.9. The maximum Gasteiger partial charge on any atom is 0.262 e. The van der Waals surface area contributed by atoms with Gasteiger partial charge in [0.1, 0.15) is 0 Å². The van der Waals surface area contributed by atoms with E-state index in [9.17, 15) is 4.79 Å². The Labute approximate surface area is 161 Å². The summed E-state index contributed by atoms with van der Waals surface area (Å²) in [6.07, 6.45) is 1.24. The predicted molar refractivity (Wildman–Crippen MR) is 105 cm³/mol. The topological polar surface area (TPSA) is 45.2 Å². The smallest absolute Gasteiger partial charge is 0.262 e. The fourth-order valence-electron chi connectivity index (χ4n) is 3.09. The van der Waals surface area contributed by atoms with Gasteiger partial charge in [-0.15, -0.1) is 0 Å². The van der Waals surface area contributed by atoms with Crippen LogP contribution in [-0.2, 0) is 0 Å². The van der Waals surface area contributed by atoms with Gasteiger partial charge in [-0.05, 0) is 49.4 Å². The summed E-state index contributed by atoms with van der Waals surface area (Å²) in [5.74, 6) is -0.0948. The lowest BCUT2D eigenvalue weighted by molar-refractivity contribution is 0.0993. The third-order valence-electron chi connectivity index (χ3n) is 4.28. The molecule has 1 amide bonds. The van der Waals surface area contributed by atoms with Crippen molar-refractivity contribution in [2.45, 2.75) is 13.1 Å². The number of benzene rings is 2. The number of anilines is 2. The Morgan fingerprint density at radius 2 is 1.73 bits per heavy atom. The monoisotopic (exact) mass is 383 g/mol. The summed E-state index contributed by atoms with van der Waals surface area (Å²) >= 11 is 12.2. The molecular weight excluding hydrogens is 369 g/mol. The van der Waals surface area contributed by atoms with Gasteiger partial charge in [0.05, 0.1) is 11.3 Å². The van der Waals surface area contributed by atoms with Gasteiger partial charge in [-0.2, -0.15) is 0 Å². The van der Waals surface area contributed by atoms with Crippen LogP contribution in [0.3, 0.4) is 0 Å². The van der Waals surface area contributed by atoms with Gasteiger partial charge in [-0.1, -0.05) is 40.9 Å². The van der Waals surface area contributed by atoms with Crippen LogP contribution < -0.4 is 10.2 Å². The molecular formula is C20H15Cl2N3O. The second-order valence-electron chi connectivity index (χ2n) is 6.15. The fraction of sp³-hybridized carbons (Fsp3) is 0.100. The number of carbonyl (C=O) groups is 1. The van der Waals surface area contributed by atoms with Crippen LogP contribution >= 0.6 is 23.2 Å². The Bertz CT molecular complexity index is 968. The quantitative estimate of drug-likeness (QED) is 0.652. The van der Waals surface area contributed by atoms with E-state index in [1.165, 1.54) is 0 Å². The summed E-state index contributed by atoms with van der Waals surface area (Å²) in [6, 6.07) is 16.6. The van der Waals surface area contributed by atoms with Crippen molar-refractivity contribution in [1.82, 2.24) is 4.98 Å². The lowest BCUT2D eigenvalue weighted by Crippen LogP contribution is -2.32. The molecule has 1 N–H and O–H groups in total. The average Bonchev–Trinajstić information content (AvgIpc) is 2.88. The minimum Gasteiger partial charge on any atom is -0.360 e. The van der Waals surface area contributed by atoms with Gasteiger partial charge in [-0.3, -0.25) is 14.7 Å². The number of hydrogen-bond acceptors (Lipinski definition) is 3. The van der Waals surface area contributed by atoms with E-state index in [4.69, 9.17) is 23.2 Å². The van der Waals surface area contributed by atoms with Crippen LogP contribution in [-0.4, -0.2) is 10.9 Å². The van der Waals surface area contributed by atoms with Crippen LogP contribution in [0.15, 0.2) is 60.8 Å². The number of rotatable bonds is 3. The first-order valence-corrected chi connectivity index (χ1v) is 8.86. The van der Waals surface area contributed by atoms with Gasteiger partial charge >= 0.3 is 0 Å². The highest BCUT2D eigenvalue weighted by Gasteiger charge is 2.39. The zero-order valence-corrected chi connectivity index (χ0v) is 15.4. The van der Waals surface area contributed by atoms with Crippen molar-refractivity contribution in [2.24, 2.45) is 0 Å². The summed E-state index contributed by atoms with van der Waals surface area (Å²) in [5.41, 5.74) is 3.90. The zero-order valence-electron chi connectivity index (χ0n) is 13.9. The van der Waals surface area contributed by atoms with Gasteiger partial charge < -0.3 is 5.32 Å². The van der Waals surface area contributed by atoms with Crippen LogP contribution in [0, 0.1) is 6.92 Å². The Morgan fingerprint density at radius 3 is 2.42 bits per heavy atom. The molecule has 1 atom stereocenters. The van der Waals surface area contributed by atoms with Gasteiger partial charge in [0.15, 0.2) is 6.17 Å². The highest BCUT2D eigenvalue weighted by atomic mass is 35.5. The minimum absolute atomic E-state index is 0.0948. The second-order valence-corrected chi connectivity index (χ2v) is 7.02. The molecule has 0 unspecified atom stereocenters. The molecule has 130 valence electrons. The third-order valence-corrected chi connectivity index (χ3v) is 4.72. The maximum atomic E-state index is 13.0. The summed E-state index contributed by atoms with van der Waals surface area (Å²) in [4.78, 5) is 19.1. The number of nitrogens with one attached hydrogen (secondary N) is 1. The van der Waals surface area contributed by atoms with Crippen molar-refractivity contribution in [3.63, 3.8) is 0 Å². The van der Waals surface area contributed by atoms with E-state index in [1.807, 2.05) is 31.2 Å². The van der Waals surface area contributed by atoms with E-state index >= 15 is 0 Å². The SMILES string of the molecule is Cc1ccc(N2C(=O)c3cccnc3[C@H]2Nc2cc(Cl)cc(Cl)c2)cc1. The number of pyridine rings is 1. The molecule has 0 spiro atoms. The first-order chi connectivity index (χ1) is 12.5. The second kappa shape index (κ2) is 6.63. The first kappa shape index (κ1) is 16.9. The molecule has 2 aromatic carbocycles. The molecule has 0 saturated carbocycles. The average molecular weight is 384 g/mol. The molecule has 0 bridgehead atoms. The largest absolute Gasteiger partial charge is 0.360 e. The molecule has 3 aromatic rings. The summed E-state index contributed by atoms with van der Waals surface area (Å²) in [6.45, 7) is 2.01. The van der Waals surface area contributed by atoms with Crippen LogP contribution in [0.1, 0.15) is 27.8 Å². The number of halogens is 2. The van der Waals surface area contributed by atoms with Gasteiger partial charge in [0, 0.05) is 27.6 Å². The van der Waals surface area contributed by atoms with Gasteiger partial charge in [-0.25, -0.2) is 0 Å². The van der Waals surface area contributed by atoms with Crippen LogP contribution in [0.5, 0.6) is 0 Å². The molecule has 1 aromatic heterocycles. The number of amides is 1. The van der Waals surface area contributed by atoms with Gasteiger partial charge in [0.2, 0.25) is 0 Å². The molecule has 2 heterocycles. The predicted octanol–water partition coefficient (Wildman–Crippen LogP) is 5.47. The van der Waals surface area contributed by atoms with Crippen LogP contribution in [0.2, 0.25) is 10.0 Å². The number of carbonyl (C=O) groups excluding carboxylic acids is 1. The first-order valence-electron chi connectivity index (χ1n) is 8.11. The summed E-state index contributed by atoms with van der Waals surface area (Å²) in [7, 11) is 0. The van der Waals surface area contributed by atoms with Crippen LogP contribution in [0.4, 0.5) is 11.4 Å². The molecule has 1 aliphatic heterocycles. The summed E-state index contributed by atoms with van der Waals surface area (Å²) < 4.78 is 0. The van der Waals surface area contributed by atoms with Gasteiger partial charge in [0.25, 0.3) is 5.91 Å². The third kappa shape index (κ3) is 3.02. The van der Waals surface area contributed by atoms with Crippen LogP contribution in [0.25, 0.3) is 0 Å². The van der Waals surface area contributed by atoms with Crippen molar-refractivity contribution < 1.29 is 4.79 Å². The van der Waals surface area contributed by atoms with Crippen molar-refractivity contribution in [1.29, 1.82) is 0 Å². The molecule has 26 heavy (non-hydrogen) atoms. The zero-order chi connectivity index (χ0) is 18.3. The number of fused-ring (bicyclic) bond motifs is 1. The number of aromatic nitrogens is 1. The van der Waals surface area contributed by atoms with E-state index in [0.29, 0.717) is 21.3 Å². The Balaban J connectivity index is 1.79. The Morgan fingerprint density at radius 1 is 1.04 bits per heavy atom. The van der Waals surface area contributed by atoms with Crippen molar-refractivity contribution in [3.8, 4) is 0 Å².